The summed E-state index contributed by atoms with van der Waals surface area (Å²) >= 11 is 0. The van der Waals surface area contributed by atoms with Crippen LogP contribution in [0, 0.1) is 19.8 Å². The Bertz CT molecular complexity index is 1040. The highest BCUT2D eigenvalue weighted by Crippen LogP contribution is 2.41. The molecule has 0 amide bonds. The molecule has 1 aliphatic rings. The lowest BCUT2D eigenvalue weighted by Gasteiger charge is -2.34. The van der Waals surface area contributed by atoms with Gasteiger partial charge in [0.05, 0.1) is 6.61 Å². The summed E-state index contributed by atoms with van der Waals surface area (Å²) in [4.78, 5) is 0. The molecule has 36 heavy (non-hydrogen) atoms. The van der Waals surface area contributed by atoms with Gasteiger partial charge in [-0.25, -0.2) is 0 Å². The second kappa shape index (κ2) is 12.2. The molecule has 5 heteroatoms. The second-order valence-corrected chi connectivity index (χ2v) is 12.7. The number of hydrogen-bond donors (Lipinski definition) is 0. The highest BCUT2D eigenvalue weighted by atomic mass is 32.2. The first kappa shape index (κ1) is 28.9. The fraction of sp³-hybridized carbons (Fsp3) is 0.613. The van der Waals surface area contributed by atoms with Crippen LogP contribution in [-0.2, 0) is 32.1 Å². The molecular formula is C31H46O4S. The zero-order valence-corrected chi connectivity index (χ0v) is 24.4. The summed E-state index contributed by atoms with van der Waals surface area (Å²) in [6.45, 7) is 18.0. The lowest BCUT2D eigenvalue weighted by molar-refractivity contribution is -0.141. The maximum atomic E-state index is 12.3. The SMILES string of the molecule is CCC(CC)(c1ccc(CCS(=O)CC(C)C)c(C)c1)c1ccc(OC[C@@H]2COC(C)(C)O2)c(C)c1. The van der Waals surface area contributed by atoms with E-state index in [9.17, 15) is 4.21 Å². The molecule has 0 radical (unpaired) electrons. The van der Waals surface area contributed by atoms with Gasteiger partial charge in [-0.1, -0.05) is 58.0 Å². The highest BCUT2D eigenvalue weighted by Gasteiger charge is 2.34. The standard InChI is InChI=1S/C31H46O4S/c1-9-31(10-2,26-12-11-25(23(5)17-26)15-16-36(32)21-22(3)4)27-13-14-29(24(6)18-27)33-19-28-20-34-30(7,8)35-28/h11-14,17-18,22,28H,9-10,15-16,19-21H2,1-8H3/t28-,36?/m1/s1. The average Bonchev–Trinajstić information content (AvgIpc) is 3.17. The molecule has 1 heterocycles. The molecule has 0 aliphatic carbocycles. The van der Waals surface area contributed by atoms with E-state index in [1.54, 1.807) is 0 Å². The van der Waals surface area contributed by atoms with E-state index in [4.69, 9.17) is 14.2 Å². The molecule has 2 atom stereocenters. The second-order valence-electron chi connectivity index (χ2n) is 11.1. The van der Waals surface area contributed by atoms with Gasteiger partial charge >= 0.3 is 0 Å². The summed E-state index contributed by atoms with van der Waals surface area (Å²) in [6.07, 6.45) is 2.86. The minimum atomic E-state index is -0.753. The molecule has 1 aliphatic heterocycles. The van der Waals surface area contributed by atoms with E-state index in [0.717, 1.165) is 42.1 Å². The monoisotopic (exact) mass is 514 g/mol. The van der Waals surface area contributed by atoms with Gasteiger partial charge in [0, 0.05) is 27.7 Å². The van der Waals surface area contributed by atoms with E-state index >= 15 is 0 Å². The molecule has 0 aromatic heterocycles. The Balaban J connectivity index is 1.77. The van der Waals surface area contributed by atoms with Crippen molar-refractivity contribution < 1.29 is 18.4 Å². The van der Waals surface area contributed by atoms with Crippen molar-refractivity contribution in [2.45, 2.75) is 92.0 Å². The molecule has 4 nitrogen and oxygen atoms in total. The summed E-state index contributed by atoms with van der Waals surface area (Å²) in [5, 5.41) is 0. The Labute approximate surface area is 221 Å². The normalized spacial score (nSPS) is 18.5. The van der Waals surface area contributed by atoms with Crippen molar-refractivity contribution in [2.75, 3.05) is 24.7 Å². The third kappa shape index (κ3) is 6.99. The first-order valence-electron chi connectivity index (χ1n) is 13.5. The first-order valence-corrected chi connectivity index (χ1v) is 15.0. The van der Waals surface area contributed by atoms with Gasteiger partial charge in [-0.05, 0) is 86.8 Å². The van der Waals surface area contributed by atoms with Crippen LogP contribution >= 0.6 is 0 Å². The maximum absolute atomic E-state index is 12.3. The van der Waals surface area contributed by atoms with Crippen molar-refractivity contribution in [3.63, 3.8) is 0 Å². The molecule has 0 spiro atoms. The summed E-state index contributed by atoms with van der Waals surface area (Å²) < 4.78 is 30.0. The lowest BCUT2D eigenvalue weighted by atomic mass is 9.70. The summed E-state index contributed by atoms with van der Waals surface area (Å²) in [5.41, 5.74) is 6.35. The molecule has 1 unspecified atom stereocenters. The first-order chi connectivity index (χ1) is 17.0. The van der Waals surface area contributed by atoms with Gasteiger partial charge in [-0.3, -0.25) is 4.21 Å². The Morgan fingerprint density at radius 3 is 2.22 bits per heavy atom. The van der Waals surface area contributed by atoms with E-state index in [1.807, 2.05) is 13.8 Å². The molecule has 200 valence electrons. The number of rotatable bonds is 12. The molecule has 0 bridgehead atoms. The van der Waals surface area contributed by atoms with Crippen LogP contribution in [0.4, 0.5) is 0 Å². The highest BCUT2D eigenvalue weighted by molar-refractivity contribution is 7.84. The van der Waals surface area contributed by atoms with Gasteiger partial charge in [-0.2, -0.15) is 0 Å². The number of benzene rings is 2. The van der Waals surface area contributed by atoms with Crippen LogP contribution in [0.15, 0.2) is 36.4 Å². The van der Waals surface area contributed by atoms with Crippen LogP contribution in [0.1, 0.15) is 82.2 Å². The molecule has 2 aromatic carbocycles. The number of hydrogen-bond acceptors (Lipinski definition) is 4. The predicted octanol–water partition coefficient (Wildman–Crippen LogP) is 6.89. The number of ether oxygens (including phenoxy) is 3. The maximum Gasteiger partial charge on any atom is 0.163 e. The van der Waals surface area contributed by atoms with Crippen molar-refractivity contribution in [2.24, 2.45) is 5.92 Å². The zero-order valence-electron chi connectivity index (χ0n) is 23.6. The third-order valence-corrected chi connectivity index (χ3v) is 9.14. The Hall–Kier alpha value is -1.69. The van der Waals surface area contributed by atoms with Crippen molar-refractivity contribution in [1.29, 1.82) is 0 Å². The lowest BCUT2D eigenvalue weighted by Crippen LogP contribution is -2.27. The van der Waals surface area contributed by atoms with E-state index in [0.29, 0.717) is 19.1 Å². The van der Waals surface area contributed by atoms with Crippen molar-refractivity contribution in [3.8, 4) is 5.75 Å². The van der Waals surface area contributed by atoms with E-state index in [1.165, 1.54) is 22.3 Å². The molecule has 1 saturated heterocycles. The Morgan fingerprint density at radius 2 is 1.69 bits per heavy atom. The van der Waals surface area contributed by atoms with Crippen LogP contribution in [0.2, 0.25) is 0 Å². The molecule has 2 aromatic rings. The van der Waals surface area contributed by atoms with Gasteiger partial charge < -0.3 is 14.2 Å². The smallest absolute Gasteiger partial charge is 0.163 e. The molecular weight excluding hydrogens is 468 g/mol. The van der Waals surface area contributed by atoms with Gasteiger partial charge in [-0.15, -0.1) is 0 Å². The van der Waals surface area contributed by atoms with Crippen LogP contribution in [-0.4, -0.2) is 40.8 Å². The zero-order chi connectivity index (χ0) is 26.5. The predicted molar refractivity (Wildman–Crippen MR) is 151 cm³/mol. The van der Waals surface area contributed by atoms with Crippen LogP contribution in [0.25, 0.3) is 0 Å². The van der Waals surface area contributed by atoms with Crippen LogP contribution < -0.4 is 4.74 Å². The van der Waals surface area contributed by atoms with Crippen molar-refractivity contribution >= 4 is 10.8 Å². The van der Waals surface area contributed by atoms with Crippen molar-refractivity contribution in [1.82, 2.24) is 0 Å². The summed E-state index contributed by atoms with van der Waals surface area (Å²) in [7, 11) is -0.753. The molecule has 3 rings (SSSR count). The molecule has 0 saturated carbocycles. The van der Waals surface area contributed by atoms with Gasteiger partial charge in [0.2, 0.25) is 0 Å². The van der Waals surface area contributed by atoms with Crippen molar-refractivity contribution in [3.05, 3.63) is 64.2 Å². The minimum absolute atomic E-state index is 0.0475. The molecule has 1 fully saturated rings. The van der Waals surface area contributed by atoms with E-state index in [2.05, 4.69) is 77.9 Å². The van der Waals surface area contributed by atoms with Gasteiger partial charge in [0.1, 0.15) is 18.5 Å². The summed E-state index contributed by atoms with van der Waals surface area (Å²) in [5.74, 6) is 2.36. The van der Waals surface area contributed by atoms with Crippen LogP contribution in [0.5, 0.6) is 5.75 Å². The number of aryl methyl sites for hydroxylation is 3. The van der Waals surface area contributed by atoms with E-state index < -0.39 is 16.6 Å². The van der Waals surface area contributed by atoms with E-state index in [-0.39, 0.29) is 11.5 Å². The van der Waals surface area contributed by atoms with Crippen LogP contribution in [0.3, 0.4) is 0 Å². The van der Waals surface area contributed by atoms with Gasteiger partial charge in [0.25, 0.3) is 0 Å². The Kier molecular flexibility index (Phi) is 9.81. The fourth-order valence-corrected chi connectivity index (χ4v) is 6.68. The largest absolute Gasteiger partial charge is 0.491 e. The average molecular weight is 515 g/mol. The quantitative estimate of drug-likeness (QED) is 0.309. The molecule has 0 N–H and O–H groups in total. The Morgan fingerprint density at radius 1 is 1.06 bits per heavy atom. The fourth-order valence-electron chi connectivity index (χ4n) is 5.32. The van der Waals surface area contributed by atoms with Gasteiger partial charge in [0.15, 0.2) is 5.79 Å². The third-order valence-electron chi connectivity index (χ3n) is 7.44. The summed E-state index contributed by atoms with van der Waals surface area (Å²) in [6, 6.07) is 13.5. The topological polar surface area (TPSA) is 44.8 Å². The minimum Gasteiger partial charge on any atom is -0.491 e.